The molecule has 1 aromatic carbocycles. The van der Waals surface area contributed by atoms with Crippen molar-refractivity contribution >= 4 is 5.91 Å². The lowest BCUT2D eigenvalue weighted by Crippen LogP contribution is -2.34. The summed E-state index contributed by atoms with van der Waals surface area (Å²) in [4.78, 5) is 11.6. The summed E-state index contributed by atoms with van der Waals surface area (Å²) in [5, 5.41) is 11.9. The second-order valence-corrected chi connectivity index (χ2v) is 3.78. The Morgan fingerprint density at radius 2 is 2.29 bits per heavy atom. The van der Waals surface area contributed by atoms with Crippen LogP contribution in [0.15, 0.2) is 18.2 Å². The van der Waals surface area contributed by atoms with E-state index in [-0.39, 0.29) is 24.9 Å². The predicted molar refractivity (Wildman–Crippen MR) is 61.4 cm³/mol. The molecule has 0 saturated carbocycles. The first kappa shape index (κ1) is 13.6. The van der Waals surface area contributed by atoms with Gasteiger partial charge in [0.2, 0.25) is 0 Å². The van der Waals surface area contributed by atoms with Crippen molar-refractivity contribution in [2.24, 2.45) is 0 Å². The zero-order chi connectivity index (χ0) is 12.8. The Morgan fingerprint density at radius 1 is 1.59 bits per heavy atom. The zero-order valence-electron chi connectivity index (χ0n) is 9.87. The number of carbonyl (C=O) groups is 1. The van der Waals surface area contributed by atoms with Gasteiger partial charge in [0.05, 0.1) is 12.7 Å². The molecule has 0 spiro atoms. The fraction of sp³-hybridized carbons (Fsp3) is 0.417. The van der Waals surface area contributed by atoms with Crippen LogP contribution in [0.4, 0.5) is 4.39 Å². The lowest BCUT2D eigenvalue weighted by molar-refractivity contribution is 0.0610. The maximum Gasteiger partial charge on any atom is 0.251 e. The lowest BCUT2D eigenvalue weighted by Gasteiger charge is -2.11. The molecule has 0 aliphatic carbocycles. The number of benzene rings is 1. The highest BCUT2D eigenvalue weighted by Crippen LogP contribution is 2.08. The van der Waals surface area contributed by atoms with Crippen LogP contribution in [0.3, 0.4) is 0 Å². The third-order valence-electron chi connectivity index (χ3n) is 2.28. The van der Waals surface area contributed by atoms with Crippen molar-refractivity contribution < 1.29 is 19.0 Å². The van der Waals surface area contributed by atoms with Crippen molar-refractivity contribution in [3.63, 3.8) is 0 Å². The molecule has 0 saturated heterocycles. The van der Waals surface area contributed by atoms with Crippen LogP contribution in [-0.4, -0.2) is 37.4 Å². The monoisotopic (exact) mass is 241 g/mol. The first-order chi connectivity index (χ1) is 8.04. The van der Waals surface area contributed by atoms with Crippen LogP contribution in [0, 0.1) is 12.7 Å². The van der Waals surface area contributed by atoms with Gasteiger partial charge in [-0.05, 0) is 30.7 Å². The molecule has 17 heavy (non-hydrogen) atoms. The molecule has 1 unspecified atom stereocenters. The van der Waals surface area contributed by atoms with Crippen LogP contribution in [0.2, 0.25) is 0 Å². The summed E-state index contributed by atoms with van der Waals surface area (Å²) in [5.41, 5.74) is 0.781. The number of halogens is 1. The molecule has 5 heteroatoms. The van der Waals surface area contributed by atoms with Gasteiger partial charge in [0, 0.05) is 19.2 Å². The largest absolute Gasteiger partial charge is 0.389 e. The Kier molecular flexibility index (Phi) is 5.06. The van der Waals surface area contributed by atoms with Crippen LogP contribution in [-0.2, 0) is 4.74 Å². The Bertz CT molecular complexity index is 395. The number of nitrogens with one attached hydrogen (secondary N) is 1. The summed E-state index contributed by atoms with van der Waals surface area (Å²) in [6, 6.07) is 4.11. The summed E-state index contributed by atoms with van der Waals surface area (Å²) < 4.78 is 17.7. The third kappa shape index (κ3) is 4.13. The highest BCUT2D eigenvalue weighted by Gasteiger charge is 2.09. The average molecular weight is 241 g/mol. The summed E-state index contributed by atoms with van der Waals surface area (Å²) >= 11 is 0. The van der Waals surface area contributed by atoms with Crippen LogP contribution in [0.1, 0.15) is 15.9 Å². The molecule has 1 rings (SSSR count). The Labute approximate surface area is 99.4 Å². The molecule has 1 amide bonds. The fourth-order valence-electron chi connectivity index (χ4n) is 1.35. The van der Waals surface area contributed by atoms with Crippen molar-refractivity contribution in [1.29, 1.82) is 0 Å². The molecular formula is C12H16FNO3. The van der Waals surface area contributed by atoms with E-state index in [0.717, 1.165) is 0 Å². The van der Waals surface area contributed by atoms with Gasteiger partial charge in [-0.1, -0.05) is 0 Å². The quantitative estimate of drug-likeness (QED) is 0.804. The molecule has 0 bridgehead atoms. The highest BCUT2D eigenvalue weighted by atomic mass is 19.1. The first-order valence-corrected chi connectivity index (χ1v) is 5.26. The van der Waals surface area contributed by atoms with E-state index in [1.165, 1.54) is 25.3 Å². The van der Waals surface area contributed by atoms with Gasteiger partial charge in [0.15, 0.2) is 0 Å². The summed E-state index contributed by atoms with van der Waals surface area (Å²) in [6.07, 6.45) is -0.745. The molecule has 0 fully saturated rings. The molecule has 0 heterocycles. The second kappa shape index (κ2) is 6.32. The predicted octanol–water partition coefficient (Wildman–Crippen LogP) is 0.871. The van der Waals surface area contributed by atoms with Gasteiger partial charge in [0.25, 0.3) is 5.91 Å². The Morgan fingerprint density at radius 3 is 2.88 bits per heavy atom. The number of aliphatic hydroxyl groups is 1. The van der Waals surface area contributed by atoms with Gasteiger partial charge in [0.1, 0.15) is 5.82 Å². The number of aryl methyl sites for hydroxylation is 1. The van der Waals surface area contributed by atoms with Gasteiger partial charge < -0.3 is 15.2 Å². The summed E-state index contributed by atoms with van der Waals surface area (Å²) in [7, 11) is 1.47. The van der Waals surface area contributed by atoms with Crippen molar-refractivity contribution in [3.8, 4) is 0 Å². The average Bonchev–Trinajstić information content (AvgIpc) is 2.30. The molecule has 1 aromatic rings. The summed E-state index contributed by atoms with van der Waals surface area (Å²) in [6.45, 7) is 1.84. The molecule has 0 aliphatic rings. The molecule has 0 radical (unpaired) electrons. The van der Waals surface area contributed by atoms with Crippen LogP contribution >= 0.6 is 0 Å². The molecule has 1 atom stereocenters. The van der Waals surface area contributed by atoms with Crippen molar-refractivity contribution in [2.45, 2.75) is 13.0 Å². The maximum absolute atomic E-state index is 13.0. The van der Waals surface area contributed by atoms with E-state index in [9.17, 15) is 14.3 Å². The van der Waals surface area contributed by atoms with Gasteiger partial charge in [-0.3, -0.25) is 4.79 Å². The van der Waals surface area contributed by atoms with Crippen LogP contribution in [0.5, 0.6) is 0 Å². The molecule has 2 N–H and O–H groups in total. The number of hydrogen-bond donors (Lipinski definition) is 2. The van der Waals surface area contributed by atoms with E-state index in [4.69, 9.17) is 4.74 Å². The Balaban J connectivity index is 2.55. The zero-order valence-corrected chi connectivity index (χ0v) is 9.87. The topological polar surface area (TPSA) is 58.6 Å². The van der Waals surface area contributed by atoms with Crippen molar-refractivity contribution in [3.05, 3.63) is 35.1 Å². The fourth-order valence-corrected chi connectivity index (χ4v) is 1.35. The minimum absolute atomic E-state index is 0.100. The number of amides is 1. The normalized spacial score (nSPS) is 12.2. The number of hydrogen-bond acceptors (Lipinski definition) is 3. The standard InChI is InChI=1S/C12H16FNO3/c1-8-5-9(3-4-11(8)13)12(16)14-6-10(15)7-17-2/h3-5,10,15H,6-7H2,1-2H3,(H,14,16). The van der Waals surface area contributed by atoms with E-state index >= 15 is 0 Å². The highest BCUT2D eigenvalue weighted by molar-refractivity contribution is 5.94. The third-order valence-corrected chi connectivity index (χ3v) is 2.28. The van der Waals surface area contributed by atoms with E-state index in [2.05, 4.69) is 5.32 Å². The molecule has 0 aliphatic heterocycles. The lowest BCUT2D eigenvalue weighted by atomic mass is 10.1. The maximum atomic E-state index is 13.0. The van der Waals surface area contributed by atoms with E-state index in [1.54, 1.807) is 6.92 Å². The first-order valence-electron chi connectivity index (χ1n) is 5.26. The van der Waals surface area contributed by atoms with E-state index in [1.807, 2.05) is 0 Å². The second-order valence-electron chi connectivity index (χ2n) is 3.78. The van der Waals surface area contributed by atoms with Crippen molar-refractivity contribution in [1.82, 2.24) is 5.32 Å². The molecule has 4 nitrogen and oxygen atoms in total. The number of rotatable bonds is 5. The summed E-state index contributed by atoms with van der Waals surface area (Å²) in [5.74, 6) is -0.691. The number of aliphatic hydroxyl groups excluding tert-OH is 1. The number of ether oxygens (including phenoxy) is 1. The van der Waals surface area contributed by atoms with Gasteiger partial charge in [-0.15, -0.1) is 0 Å². The smallest absolute Gasteiger partial charge is 0.251 e. The molecule has 0 aromatic heterocycles. The van der Waals surface area contributed by atoms with Crippen LogP contribution < -0.4 is 5.32 Å². The SMILES string of the molecule is COCC(O)CNC(=O)c1ccc(F)c(C)c1. The van der Waals surface area contributed by atoms with Gasteiger partial charge in [-0.2, -0.15) is 0 Å². The van der Waals surface area contributed by atoms with E-state index in [0.29, 0.717) is 11.1 Å². The van der Waals surface area contributed by atoms with E-state index < -0.39 is 6.10 Å². The minimum atomic E-state index is -0.745. The minimum Gasteiger partial charge on any atom is -0.389 e. The van der Waals surface area contributed by atoms with Crippen molar-refractivity contribution in [2.75, 3.05) is 20.3 Å². The van der Waals surface area contributed by atoms with Crippen LogP contribution in [0.25, 0.3) is 0 Å². The van der Waals surface area contributed by atoms with Gasteiger partial charge in [-0.25, -0.2) is 4.39 Å². The Hall–Kier alpha value is -1.46. The molecule has 94 valence electrons. The number of carbonyl (C=O) groups excluding carboxylic acids is 1. The molecular weight excluding hydrogens is 225 g/mol. The van der Waals surface area contributed by atoms with Gasteiger partial charge >= 0.3 is 0 Å². The number of methoxy groups -OCH3 is 1.